The molecule has 0 bridgehead atoms. The van der Waals surface area contributed by atoms with E-state index in [1.807, 2.05) is 0 Å². The molecule has 0 aliphatic rings. The van der Waals surface area contributed by atoms with E-state index < -0.39 is 10.2 Å². The second-order valence-corrected chi connectivity index (χ2v) is 3.50. The van der Waals surface area contributed by atoms with E-state index >= 15 is 0 Å². The molecular formula is C5H8N2O2S. The lowest BCUT2D eigenvalue weighted by atomic mass is 10.7. The third-order valence-electron chi connectivity index (χ3n) is 1.11. The van der Waals surface area contributed by atoms with Crippen LogP contribution < -0.4 is 4.72 Å². The van der Waals surface area contributed by atoms with Gasteiger partial charge in [0, 0.05) is 19.4 Å². The van der Waals surface area contributed by atoms with E-state index in [0.29, 0.717) is 0 Å². The Hall–Kier alpha value is -0.810. The number of aromatic nitrogens is 1. The lowest BCUT2D eigenvalue weighted by molar-refractivity contribution is 0.579. The first-order valence-corrected chi connectivity index (χ1v) is 4.18. The van der Waals surface area contributed by atoms with E-state index in [4.69, 9.17) is 0 Å². The minimum atomic E-state index is -3.29. The maximum absolute atomic E-state index is 10.9. The van der Waals surface area contributed by atoms with Gasteiger partial charge in [-0.05, 0) is 12.1 Å². The van der Waals surface area contributed by atoms with Crippen molar-refractivity contribution in [2.24, 2.45) is 0 Å². The summed E-state index contributed by atoms with van der Waals surface area (Å²) in [4.78, 5) is 0. The van der Waals surface area contributed by atoms with Gasteiger partial charge in [0.2, 0.25) is 0 Å². The van der Waals surface area contributed by atoms with E-state index in [0.717, 1.165) is 3.97 Å². The molecule has 0 aliphatic heterocycles. The van der Waals surface area contributed by atoms with E-state index in [1.165, 1.54) is 19.4 Å². The summed E-state index contributed by atoms with van der Waals surface area (Å²) in [6, 6.07) is 3.30. The summed E-state index contributed by atoms with van der Waals surface area (Å²) in [6.07, 6.45) is 2.93. The molecule has 1 rings (SSSR count). The van der Waals surface area contributed by atoms with E-state index in [2.05, 4.69) is 4.72 Å². The van der Waals surface area contributed by atoms with Gasteiger partial charge in [-0.3, -0.25) is 0 Å². The summed E-state index contributed by atoms with van der Waals surface area (Å²) in [7, 11) is -1.92. The average molecular weight is 160 g/mol. The van der Waals surface area contributed by atoms with Crippen LogP contribution >= 0.6 is 0 Å². The van der Waals surface area contributed by atoms with E-state index in [9.17, 15) is 8.42 Å². The predicted molar refractivity (Wildman–Crippen MR) is 37.8 cm³/mol. The van der Waals surface area contributed by atoms with Crippen LogP contribution in [0.15, 0.2) is 24.5 Å². The SMILES string of the molecule is CNS(=O)(=O)n1cccc1. The highest BCUT2D eigenvalue weighted by Gasteiger charge is 2.05. The fraction of sp³-hybridized carbons (Fsp3) is 0.200. The van der Waals surface area contributed by atoms with E-state index in [-0.39, 0.29) is 0 Å². The summed E-state index contributed by atoms with van der Waals surface area (Å²) in [5.41, 5.74) is 0. The molecule has 1 aromatic heterocycles. The standard InChI is InChI=1S/C5H8N2O2S/c1-6-10(8,9)7-4-2-3-5-7/h2-6H,1H3. The minimum Gasteiger partial charge on any atom is -0.241 e. The maximum atomic E-state index is 10.9. The molecule has 5 heteroatoms. The zero-order chi connectivity index (χ0) is 7.61. The minimum absolute atomic E-state index is 1.10. The summed E-state index contributed by atoms with van der Waals surface area (Å²) in [5, 5.41) is 0. The molecule has 1 N–H and O–H groups in total. The van der Waals surface area contributed by atoms with Gasteiger partial charge in [-0.15, -0.1) is 0 Å². The van der Waals surface area contributed by atoms with Crippen LogP contribution in [-0.2, 0) is 10.2 Å². The molecular weight excluding hydrogens is 152 g/mol. The zero-order valence-corrected chi connectivity index (χ0v) is 6.30. The van der Waals surface area contributed by atoms with Crippen LogP contribution in [0, 0.1) is 0 Å². The predicted octanol–water partition coefficient (Wildman–Crippen LogP) is -0.200. The van der Waals surface area contributed by atoms with Gasteiger partial charge in [0.25, 0.3) is 0 Å². The third-order valence-corrected chi connectivity index (χ3v) is 2.43. The van der Waals surface area contributed by atoms with Crippen molar-refractivity contribution in [1.82, 2.24) is 8.69 Å². The Labute approximate surface area is 59.7 Å². The second kappa shape index (κ2) is 2.43. The fourth-order valence-corrected chi connectivity index (χ4v) is 1.26. The molecule has 0 unspecified atom stereocenters. The lowest BCUT2D eigenvalue weighted by Crippen LogP contribution is -2.24. The second-order valence-electron chi connectivity index (χ2n) is 1.72. The average Bonchev–Trinajstić information content (AvgIpc) is 2.38. The van der Waals surface area contributed by atoms with Crippen molar-refractivity contribution in [3.8, 4) is 0 Å². The monoisotopic (exact) mass is 160 g/mol. The first-order valence-electron chi connectivity index (χ1n) is 2.74. The van der Waals surface area contributed by atoms with Gasteiger partial charge in [-0.2, -0.15) is 8.42 Å². The van der Waals surface area contributed by atoms with Crippen molar-refractivity contribution in [3.05, 3.63) is 24.5 Å². The number of hydrogen-bond acceptors (Lipinski definition) is 2. The lowest BCUT2D eigenvalue weighted by Gasteiger charge is -2.00. The topological polar surface area (TPSA) is 51.1 Å². The quantitative estimate of drug-likeness (QED) is 0.651. The Morgan fingerprint density at radius 3 is 2.20 bits per heavy atom. The third kappa shape index (κ3) is 1.19. The molecule has 0 spiro atoms. The number of hydrogen-bond donors (Lipinski definition) is 1. The van der Waals surface area contributed by atoms with Gasteiger partial charge in [0.05, 0.1) is 0 Å². The zero-order valence-electron chi connectivity index (χ0n) is 5.48. The van der Waals surface area contributed by atoms with Crippen molar-refractivity contribution in [2.75, 3.05) is 7.05 Å². The molecule has 0 fully saturated rings. The molecule has 56 valence electrons. The Bertz CT molecular complexity index is 287. The molecule has 1 heterocycles. The summed E-state index contributed by atoms with van der Waals surface area (Å²) >= 11 is 0. The van der Waals surface area contributed by atoms with Gasteiger partial charge in [-0.1, -0.05) is 0 Å². The molecule has 10 heavy (non-hydrogen) atoms. The highest BCUT2D eigenvalue weighted by Crippen LogP contribution is 1.93. The van der Waals surface area contributed by atoms with Crippen LogP contribution in [0.4, 0.5) is 0 Å². The fourth-order valence-electron chi connectivity index (χ4n) is 0.584. The van der Waals surface area contributed by atoms with Gasteiger partial charge in [0.15, 0.2) is 0 Å². The Balaban J connectivity index is 3.09. The van der Waals surface area contributed by atoms with Crippen molar-refractivity contribution < 1.29 is 8.42 Å². The number of nitrogens with one attached hydrogen (secondary N) is 1. The summed E-state index contributed by atoms with van der Waals surface area (Å²) < 4.78 is 25.1. The van der Waals surface area contributed by atoms with Crippen LogP contribution in [0.1, 0.15) is 0 Å². The first-order chi connectivity index (χ1) is 4.67. The van der Waals surface area contributed by atoms with Crippen molar-refractivity contribution in [2.45, 2.75) is 0 Å². The van der Waals surface area contributed by atoms with Crippen LogP contribution in [0.5, 0.6) is 0 Å². The van der Waals surface area contributed by atoms with Crippen molar-refractivity contribution in [3.63, 3.8) is 0 Å². The van der Waals surface area contributed by atoms with Crippen LogP contribution in [0.3, 0.4) is 0 Å². The number of rotatable bonds is 2. The molecule has 0 saturated heterocycles. The Morgan fingerprint density at radius 1 is 1.30 bits per heavy atom. The molecule has 0 aromatic carbocycles. The van der Waals surface area contributed by atoms with Gasteiger partial charge in [-0.25, -0.2) is 8.69 Å². The maximum Gasteiger partial charge on any atom is 0.304 e. The van der Waals surface area contributed by atoms with Crippen molar-refractivity contribution >= 4 is 10.2 Å². The van der Waals surface area contributed by atoms with Crippen LogP contribution in [-0.4, -0.2) is 19.4 Å². The first kappa shape index (κ1) is 7.30. The Morgan fingerprint density at radius 2 is 1.80 bits per heavy atom. The van der Waals surface area contributed by atoms with Gasteiger partial charge >= 0.3 is 10.2 Å². The van der Waals surface area contributed by atoms with Crippen LogP contribution in [0.2, 0.25) is 0 Å². The highest BCUT2D eigenvalue weighted by atomic mass is 32.2. The molecule has 0 aliphatic carbocycles. The molecule has 0 radical (unpaired) electrons. The molecule has 0 saturated carbocycles. The molecule has 0 amide bonds. The van der Waals surface area contributed by atoms with E-state index in [1.54, 1.807) is 12.1 Å². The summed E-state index contributed by atoms with van der Waals surface area (Å²) in [5.74, 6) is 0. The Kier molecular flexibility index (Phi) is 1.78. The largest absolute Gasteiger partial charge is 0.304 e. The molecule has 1 aromatic rings. The molecule has 4 nitrogen and oxygen atoms in total. The summed E-state index contributed by atoms with van der Waals surface area (Å²) in [6.45, 7) is 0. The van der Waals surface area contributed by atoms with Crippen LogP contribution in [0.25, 0.3) is 0 Å². The van der Waals surface area contributed by atoms with Gasteiger partial charge < -0.3 is 0 Å². The van der Waals surface area contributed by atoms with Crippen molar-refractivity contribution in [1.29, 1.82) is 0 Å². The number of nitrogens with zero attached hydrogens (tertiary/aromatic N) is 1. The van der Waals surface area contributed by atoms with Gasteiger partial charge in [0.1, 0.15) is 0 Å². The smallest absolute Gasteiger partial charge is 0.241 e. The normalized spacial score (nSPS) is 11.7. The molecule has 0 atom stereocenters. The highest BCUT2D eigenvalue weighted by molar-refractivity contribution is 7.87.